The molecule has 3 rings (SSSR count). The van der Waals surface area contributed by atoms with Gasteiger partial charge in [0.2, 0.25) is 0 Å². The molecular formula is C19H20ClNO4. The molecule has 2 heterocycles. The second kappa shape index (κ2) is 6.56. The van der Waals surface area contributed by atoms with Crippen LogP contribution in [0.3, 0.4) is 0 Å². The number of nitrogens with zero attached hydrogens (tertiary/aromatic N) is 1. The van der Waals surface area contributed by atoms with Crippen LogP contribution in [0.15, 0.2) is 29.2 Å². The second-order valence-electron chi connectivity index (χ2n) is 6.84. The number of rotatable bonds is 3. The fraction of sp³-hybridized carbons (Fsp3) is 0.368. The molecule has 5 nitrogen and oxygen atoms in total. The van der Waals surface area contributed by atoms with Crippen LogP contribution >= 0.6 is 11.6 Å². The summed E-state index contributed by atoms with van der Waals surface area (Å²) in [5.41, 5.74) is 1.47. The summed E-state index contributed by atoms with van der Waals surface area (Å²) < 4.78 is 7.84. The summed E-state index contributed by atoms with van der Waals surface area (Å²) in [5.74, 6) is -0.180. The zero-order valence-corrected chi connectivity index (χ0v) is 15.1. The minimum Gasteiger partial charge on any atom is -0.491 e. The Balaban J connectivity index is 2.29. The quantitative estimate of drug-likeness (QED) is 0.891. The predicted octanol–water partition coefficient (Wildman–Crippen LogP) is 4.15. The van der Waals surface area contributed by atoms with Gasteiger partial charge in [0.15, 0.2) is 5.43 Å². The lowest BCUT2D eigenvalue weighted by Gasteiger charge is -2.22. The topological polar surface area (TPSA) is 68.5 Å². The van der Waals surface area contributed by atoms with Crippen molar-refractivity contribution in [2.75, 3.05) is 6.61 Å². The van der Waals surface area contributed by atoms with E-state index in [1.807, 2.05) is 17.6 Å². The predicted molar refractivity (Wildman–Crippen MR) is 96.8 cm³/mol. The molecule has 1 aliphatic rings. The van der Waals surface area contributed by atoms with E-state index in [-0.39, 0.29) is 11.6 Å². The first-order valence-electron chi connectivity index (χ1n) is 8.20. The number of pyridine rings is 1. The third-order valence-electron chi connectivity index (χ3n) is 4.41. The van der Waals surface area contributed by atoms with Crippen molar-refractivity contribution < 1.29 is 14.6 Å². The third-order valence-corrected chi connectivity index (χ3v) is 4.82. The van der Waals surface area contributed by atoms with Crippen LogP contribution in [0.5, 0.6) is 5.75 Å². The number of benzene rings is 1. The van der Waals surface area contributed by atoms with Crippen LogP contribution in [0.25, 0.3) is 11.3 Å². The fourth-order valence-corrected chi connectivity index (χ4v) is 3.36. The van der Waals surface area contributed by atoms with E-state index in [1.54, 1.807) is 6.07 Å². The third kappa shape index (κ3) is 3.29. The molecule has 0 spiro atoms. The number of ether oxygens (including phenoxy) is 1. The van der Waals surface area contributed by atoms with E-state index in [1.165, 1.54) is 12.3 Å². The van der Waals surface area contributed by atoms with Crippen LogP contribution in [0, 0.1) is 12.8 Å². The van der Waals surface area contributed by atoms with E-state index in [0.29, 0.717) is 34.6 Å². The van der Waals surface area contributed by atoms with Gasteiger partial charge in [-0.05, 0) is 37.0 Å². The molecule has 132 valence electrons. The number of carboxylic acid groups (broad SMARTS) is 1. The lowest BCUT2D eigenvalue weighted by molar-refractivity contribution is 0.0694. The summed E-state index contributed by atoms with van der Waals surface area (Å²) in [4.78, 5) is 23.7. The van der Waals surface area contributed by atoms with Crippen LogP contribution in [-0.4, -0.2) is 22.2 Å². The monoisotopic (exact) mass is 361 g/mol. The van der Waals surface area contributed by atoms with E-state index in [2.05, 4.69) is 13.8 Å². The Morgan fingerprint density at radius 1 is 1.40 bits per heavy atom. The molecule has 0 unspecified atom stereocenters. The molecule has 0 fully saturated rings. The molecule has 1 aromatic heterocycles. The van der Waals surface area contributed by atoms with Gasteiger partial charge >= 0.3 is 5.97 Å². The van der Waals surface area contributed by atoms with Gasteiger partial charge in [0.1, 0.15) is 17.9 Å². The minimum atomic E-state index is -1.23. The number of hydrogen-bond acceptors (Lipinski definition) is 3. The summed E-state index contributed by atoms with van der Waals surface area (Å²) >= 11 is 6.27. The maximum atomic E-state index is 12.3. The van der Waals surface area contributed by atoms with Crippen LogP contribution in [0.1, 0.15) is 42.2 Å². The largest absolute Gasteiger partial charge is 0.491 e. The van der Waals surface area contributed by atoms with E-state index in [4.69, 9.17) is 16.3 Å². The van der Waals surface area contributed by atoms with Crippen molar-refractivity contribution in [1.29, 1.82) is 0 Å². The van der Waals surface area contributed by atoms with Gasteiger partial charge in [-0.2, -0.15) is 0 Å². The van der Waals surface area contributed by atoms with Gasteiger partial charge in [0, 0.05) is 22.8 Å². The minimum absolute atomic E-state index is 0.0693. The number of aromatic carboxylic acids is 1. The zero-order chi connectivity index (χ0) is 18.3. The number of carbonyl (C=O) groups is 1. The second-order valence-corrected chi connectivity index (χ2v) is 7.25. The lowest BCUT2D eigenvalue weighted by atomic mass is 10.0. The molecule has 1 aromatic carbocycles. The van der Waals surface area contributed by atoms with Gasteiger partial charge in [-0.15, -0.1) is 0 Å². The molecule has 2 aromatic rings. The molecule has 0 saturated carbocycles. The SMILES string of the molecule is Cc1cc2c(cc1Cl)-c1cc(=O)c(C(=O)O)cn1[C@H](CC(C)C)CO2. The Morgan fingerprint density at radius 2 is 2.12 bits per heavy atom. The van der Waals surface area contributed by atoms with Gasteiger partial charge in [0.05, 0.1) is 11.7 Å². The Bertz CT molecular complexity index is 901. The average Bonchev–Trinajstić information content (AvgIpc) is 2.65. The molecule has 0 bridgehead atoms. The Kier molecular flexibility index (Phi) is 4.60. The summed E-state index contributed by atoms with van der Waals surface area (Å²) in [7, 11) is 0. The Labute approximate surface area is 150 Å². The van der Waals surface area contributed by atoms with Gasteiger partial charge in [-0.1, -0.05) is 25.4 Å². The maximum absolute atomic E-state index is 12.3. The molecule has 1 atom stereocenters. The first-order valence-corrected chi connectivity index (χ1v) is 8.58. The van der Waals surface area contributed by atoms with E-state index in [9.17, 15) is 14.7 Å². The van der Waals surface area contributed by atoms with Gasteiger partial charge in [0.25, 0.3) is 0 Å². The number of aromatic nitrogens is 1. The highest BCUT2D eigenvalue weighted by Gasteiger charge is 2.26. The van der Waals surface area contributed by atoms with Crippen molar-refractivity contribution in [2.45, 2.75) is 33.2 Å². The normalized spacial score (nSPS) is 16.0. The Hall–Kier alpha value is -2.27. The zero-order valence-electron chi connectivity index (χ0n) is 14.4. The van der Waals surface area contributed by atoms with Gasteiger partial charge < -0.3 is 14.4 Å². The van der Waals surface area contributed by atoms with Crippen molar-refractivity contribution in [1.82, 2.24) is 4.57 Å². The molecule has 1 aliphatic heterocycles. The van der Waals surface area contributed by atoms with Crippen molar-refractivity contribution in [3.63, 3.8) is 0 Å². The molecule has 0 saturated heterocycles. The lowest BCUT2D eigenvalue weighted by Crippen LogP contribution is -2.23. The summed E-state index contributed by atoms with van der Waals surface area (Å²) in [5, 5.41) is 9.89. The van der Waals surface area contributed by atoms with E-state index >= 15 is 0 Å². The van der Waals surface area contributed by atoms with Crippen molar-refractivity contribution in [2.24, 2.45) is 5.92 Å². The standard InChI is InChI=1S/C19H20ClNO4/c1-10(2)4-12-9-25-18-5-11(3)15(20)6-13(18)16-7-17(22)14(19(23)24)8-21(12)16/h5-8,10,12H,4,9H2,1-3H3,(H,23,24)/t12-/m1/s1. The number of fused-ring (bicyclic) bond motifs is 3. The van der Waals surface area contributed by atoms with Crippen LogP contribution < -0.4 is 10.2 Å². The molecule has 1 N–H and O–H groups in total. The first-order chi connectivity index (χ1) is 11.8. The van der Waals surface area contributed by atoms with Crippen molar-refractivity contribution in [3.05, 3.63) is 50.8 Å². The summed E-state index contributed by atoms with van der Waals surface area (Å²) in [6.07, 6.45) is 2.23. The summed E-state index contributed by atoms with van der Waals surface area (Å²) in [6, 6.07) is 4.93. The van der Waals surface area contributed by atoms with E-state index in [0.717, 1.165) is 12.0 Å². The van der Waals surface area contributed by atoms with Crippen LogP contribution in [-0.2, 0) is 0 Å². The highest BCUT2D eigenvalue weighted by Crippen LogP contribution is 2.39. The first kappa shape index (κ1) is 17.5. The number of hydrogen-bond donors (Lipinski definition) is 1. The van der Waals surface area contributed by atoms with Crippen molar-refractivity contribution in [3.8, 4) is 17.0 Å². The molecule has 25 heavy (non-hydrogen) atoms. The number of halogens is 1. The molecule has 0 radical (unpaired) electrons. The van der Waals surface area contributed by atoms with Crippen LogP contribution in [0.4, 0.5) is 0 Å². The molecule has 6 heteroatoms. The smallest absolute Gasteiger partial charge is 0.341 e. The molecular weight excluding hydrogens is 342 g/mol. The number of carboxylic acids is 1. The van der Waals surface area contributed by atoms with Gasteiger partial charge in [-0.25, -0.2) is 4.79 Å². The fourth-order valence-electron chi connectivity index (χ4n) is 3.19. The molecule has 0 amide bonds. The maximum Gasteiger partial charge on any atom is 0.341 e. The average molecular weight is 362 g/mol. The molecule has 0 aliphatic carbocycles. The van der Waals surface area contributed by atoms with Crippen LogP contribution in [0.2, 0.25) is 5.02 Å². The number of aryl methyl sites for hydroxylation is 1. The highest BCUT2D eigenvalue weighted by molar-refractivity contribution is 6.31. The van der Waals surface area contributed by atoms with Gasteiger partial charge in [-0.3, -0.25) is 4.79 Å². The highest BCUT2D eigenvalue weighted by atomic mass is 35.5. The Morgan fingerprint density at radius 3 is 2.76 bits per heavy atom. The van der Waals surface area contributed by atoms with E-state index < -0.39 is 11.4 Å². The van der Waals surface area contributed by atoms with Crippen molar-refractivity contribution >= 4 is 17.6 Å². The summed E-state index contributed by atoms with van der Waals surface area (Å²) in [6.45, 7) is 6.49.